The number of halogens is 5. The first-order valence-corrected chi connectivity index (χ1v) is 7.19. The van der Waals surface area contributed by atoms with Gasteiger partial charge in [-0.2, -0.15) is 0 Å². The summed E-state index contributed by atoms with van der Waals surface area (Å²) in [7, 11) is 0. The van der Waals surface area contributed by atoms with E-state index in [4.69, 9.17) is 0 Å². The zero-order valence-corrected chi connectivity index (χ0v) is 13.7. The molecule has 1 aromatic carbocycles. The third-order valence-electron chi connectivity index (χ3n) is 2.22. The Morgan fingerprint density at radius 2 is 2.10 bits per heavy atom. The molecule has 1 aromatic heterocycles. The molecule has 2 rings (SSSR count). The van der Waals surface area contributed by atoms with Crippen LogP contribution in [-0.4, -0.2) is 16.3 Å². The van der Waals surface area contributed by atoms with E-state index in [-0.39, 0.29) is 15.1 Å². The number of rotatable bonds is 3. The van der Waals surface area contributed by atoms with E-state index >= 15 is 0 Å². The number of hydrogen-bond acceptors (Lipinski definition) is 4. The summed E-state index contributed by atoms with van der Waals surface area (Å²) in [5.41, 5.74) is -0.366. The number of anilines is 2. The maximum Gasteiger partial charge on any atom is 0.573 e. The third kappa shape index (κ3) is 4.33. The molecule has 0 radical (unpaired) electrons. The average Bonchev–Trinajstić information content (AvgIpc) is 2.36. The van der Waals surface area contributed by atoms with E-state index in [1.165, 1.54) is 12.1 Å². The van der Waals surface area contributed by atoms with Crippen molar-refractivity contribution in [3.8, 4) is 5.75 Å². The topological polar surface area (TPSA) is 67.0 Å². The number of aromatic amines is 1. The quantitative estimate of drug-likeness (QED) is 0.663. The van der Waals surface area contributed by atoms with Crippen molar-refractivity contribution in [1.82, 2.24) is 9.97 Å². The predicted molar refractivity (Wildman–Crippen MR) is 81.7 cm³/mol. The van der Waals surface area contributed by atoms with Crippen LogP contribution in [-0.2, 0) is 0 Å². The summed E-state index contributed by atoms with van der Waals surface area (Å²) in [5, 5.41) is 2.65. The summed E-state index contributed by atoms with van der Waals surface area (Å²) in [4.78, 5) is 17.7. The van der Waals surface area contributed by atoms with Crippen molar-refractivity contribution in [3.63, 3.8) is 0 Å². The molecule has 0 saturated carbocycles. The average molecular weight is 476 g/mol. The summed E-state index contributed by atoms with van der Waals surface area (Å²) in [6.45, 7) is 0. The molecule has 0 aliphatic carbocycles. The molecule has 112 valence electrons. The highest BCUT2D eigenvalue weighted by Crippen LogP contribution is 2.34. The Morgan fingerprint density at radius 3 is 2.76 bits per heavy atom. The molecule has 0 unspecified atom stereocenters. The lowest BCUT2D eigenvalue weighted by atomic mass is 10.3. The Kier molecular flexibility index (Phi) is 4.76. The number of H-pyrrole nitrogens is 1. The van der Waals surface area contributed by atoms with E-state index in [1.807, 2.05) is 0 Å². The van der Waals surface area contributed by atoms with Crippen molar-refractivity contribution in [2.24, 2.45) is 0 Å². The number of ether oxygens (including phenoxy) is 1. The standard InChI is InChI=1S/C11H6BrF3IN3O2/c12-5-1-2-6(7(3-5)21-11(13,14)15)19-9-8(16)10(20)18-4-17-9/h1-4H,(H2,17,18,19,20). The summed E-state index contributed by atoms with van der Waals surface area (Å²) >= 11 is 4.81. The smallest absolute Gasteiger partial charge is 0.404 e. The molecule has 10 heteroatoms. The van der Waals surface area contributed by atoms with Gasteiger partial charge in [0.1, 0.15) is 3.57 Å². The molecule has 2 N–H and O–H groups in total. The molecule has 0 atom stereocenters. The molecule has 0 amide bonds. The first-order chi connectivity index (χ1) is 9.76. The van der Waals surface area contributed by atoms with Gasteiger partial charge >= 0.3 is 6.36 Å². The Labute approximate surface area is 138 Å². The van der Waals surface area contributed by atoms with Crippen molar-refractivity contribution in [1.29, 1.82) is 0 Å². The number of aromatic nitrogens is 2. The van der Waals surface area contributed by atoms with Gasteiger partial charge in [-0.15, -0.1) is 13.2 Å². The number of alkyl halides is 3. The van der Waals surface area contributed by atoms with Gasteiger partial charge in [0.25, 0.3) is 5.56 Å². The highest BCUT2D eigenvalue weighted by atomic mass is 127. The van der Waals surface area contributed by atoms with Gasteiger partial charge in [-0.05, 0) is 40.8 Å². The van der Waals surface area contributed by atoms with E-state index in [9.17, 15) is 18.0 Å². The minimum Gasteiger partial charge on any atom is -0.404 e. The second-order valence-corrected chi connectivity index (χ2v) is 5.70. The molecule has 0 saturated heterocycles. The Hall–Kier alpha value is -1.30. The lowest BCUT2D eigenvalue weighted by molar-refractivity contribution is -0.274. The SMILES string of the molecule is O=c1[nH]cnc(Nc2ccc(Br)cc2OC(F)(F)F)c1I. The highest BCUT2D eigenvalue weighted by molar-refractivity contribution is 14.1. The van der Waals surface area contributed by atoms with Crippen LogP contribution >= 0.6 is 38.5 Å². The summed E-state index contributed by atoms with van der Waals surface area (Å²) in [6, 6.07) is 4.07. The number of nitrogens with one attached hydrogen (secondary N) is 2. The van der Waals surface area contributed by atoms with Gasteiger partial charge in [0.05, 0.1) is 12.0 Å². The molecule has 0 aliphatic heterocycles. The Morgan fingerprint density at radius 1 is 1.38 bits per heavy atom. The molecular formula is C11H6BrF3IN3O2. The molecule has 0 spiro atoms. The third-order valence-corrected chi connectivity index (χ3v) is 3.71. The first-order valence-electron chi connectivity index (χ1n) is 5.32. The molecule has 2 aromatic rings. The maximum absolute atomic E-state index is 12.4. The molecule has 21 heavy (non-hydrogen) atoms. The fraction of sp³-hybridized carbons (Fsp3) is 0.0909. The summed E-state index contributed by atoms with van der Waals surface area (Å²) in [5.74, 6) is -0.302. The van der Waals surface area contributed by atoms with E-state index in [0.717, 1.165) is 12.4 Å². The minimum absolute atomic E-state index is 0.0338. The molecule has 5 nitrogen and oxygen atoms in total. The van der Waals surface area contributed by atoms with E-state index in [1.54, 1.807) is 22.6 Å². The van der Waals surface area contributed by atoms with E-state index in [2.05, 4.69) is 36.0 Å². The minimum atomic E-state index is -4.83. The van der Waals surface area contributed by atoms with Crippen LogP contribution in [0, 0.1) is 3.57 Å². The van der Waals surface area contributed by atoms with Crippen LogP contribution in [0.1, 0.15) is 0 Å². The molecular weight excluding hydrogens is 470 g/mol. The van der Waals surface area contributed by atoms with Crippen molar-refractivity contribution < 1.29 is 17.9 Å². The second kappa shape index (κ2) is 6.22. The van der Waals surface area contributed by atoms with Crippen molar-refractivity contribution in [2.45, 2.75) is 6.36 Å². The maximum atomic E-state index is 12.4. The molecule has 0 aliphatic rings. The predicted octanol–water partition coefficient (Wildman–Crippen LogP) is 3.78. The number of hydrogen-bond donors (Lipinski definition) is 2. The van der Waals surface area contributed by atoms with Crippen LogP contribution < -0.4 is 15.6 Å². The fourth-order valence-corrected chi connectivity index (χ4v) is 2.18. The highest BCUT2D eigenvalue weighted by Gasteiger charge is 2.32. The van der Waals surface area contributed by atoms with Gasteiger partial charge in [-0.25, -0.2) is 4.98 Å². The fourth-order valence-electron chi connectivity index (χ4n) is 1.41. The molecule has 0 bridgehead atoms. The van der Waals surface area contributed by atoms with Crippen LogP contribution in [0.25, 0.3) is 0 Å². The van der Waals surface area contributed by atoms with Crippen molar-refractivity contribution >= 4 is 50.0 Å². The van der Waals surface area contributed by atoms with E-state index < -0.39 is 17.7 Å². The molecule has 1 heterocycles. The lowest BCUT2D eigenvalue weighted by Gasteiger charge is -2.15. The van der Waals surface area contributed by atoms with Crippen molar-refractivity contribution in [2.75, 3.05) is 5.32 Å². The molecule has 0 fully saturated rings. The number of benzene rings is 1. The lowest BCUT2D eigenvalue weighted by Crippen LogP contribution is -2.18. The van der Waals surface area contributed by atoms with Crippen molar-refractivity contribution in [3.05, 3.63) is 42.9 Å². The Bertz CT molecular complexity index is 721. The van der Waals surface area contributed by atoms with Crippen LogP contribution in [0.3, 0.4) is 0 Å². The van der Waals surface area contributed by atoms with Crippen LogP contribution in [0.5, 0.6) is 5.75 Å². The number of nitrogens with zero attached hydrogens (tertiary/aromatic N) is 1. The van der Waals surface area contributed by atoms with Gasteiger partial charge in [0.15, 0.2) is 11.6 Å². The monoisotopic (exact) mass is 475 g/mol. The zero-order valence-electron chi connectivity index (χ0n) is 9.96. The van der Waals surface area contributed by atoms with Gasteiger partial charge in [-0.1, -0.05) is 15.9 Å². The summed E-state index contributed by atoms with van der Waals surface area (Å²) < 4.78 is 41.8. The normalized spacial score (nSPS) is 11.3. The first kappa shape index (κ1) is 16.1. The van der Waals surface area contributed by atoms with E-state index in [0.29, 0.717) is 4.47 Å². The second-order valence-electron chi connectivity index (χ2n) is 3.71. The Balaban J connectivity index is 2.40. The van der Waals surface area contributed by atoms with Gasteiger partial charge in [0.2, 0.25) is 0 Å². The van der Waals surface area contributed by atoms with Gasteiger partial charge in [0, 0.05) is 4.47 Å². The van der Waals surface area contributed by atoms with Crippen LogP contribution in [0.4, 0.5) is 24.7 Å². The largest absolute Gasteiger partial charge is 0.573 e. The summed E-state index contributed by atoms with van der Waals surface area (Å²) in [6.07, 6.45) is -3.68. The van der Waals surface area contributed by atoms with Gasteiger partial charge < -0.3 is 15.0 Å². The van der Waals surface area contributed by atoms with Crippen LogP contribution in [0.2, 0.25) is 0 Å². The van der Waals surface area contributed by atoms with Gasteiger partial charge in [-0.3, -0.25) is 4.79 Å². The van der Waals surface area contributed by atoms with Crippen LogP contribution in [0.15, 0.2) is 33.8 Å². The zero-order chi connectivity index (χ0) is 15.6.